The van der Waals surface area contributed by atoms with E-state index in [0.29, 0.717) is 6.42 Å². The molecular formula is C11H21NO3S. The number of hydrogen-bond acceptors (Lipinski definition) is 3. The highest BCUT2D eigenvalue weighted by Gasteiger charge is 2.35. The van der Waals surface area contributed by atoms with Crippen LogP contribution in [-0.4, -0.2) is 20.6 Å². The summed E-state index contributed by atoms with van der Waals surface area (Å²) in [6.07, 6.45) is 7.70. The van der Waals surface area contributed by atoms with Gasteiger partial charge in [0.15, 0.2) is 0 Å². The van der Waals surface area contributed by atoms with Gasteiger partial charge in [-0.2, -0.15) is 13.1 Å². The molecule has 0 saturated carbocycles. The Kier molecular flexibility index (Phi) is 4.95. The minimum absolute atomic E-state index is 0.245. The monoisotopic (exact) mass is 247 g/mol. The van der Waals surface area contributed by atoms with Crippen molar-refractivity contribution in [2.75, 3.05) is 6.61 Å². The quantitative estimate of drug-likeness (QED) is 0.578. The van der Waals surface area contributed by atoms with Crippen LogP contribution in [-0.2, 0) is 14.5 Å². The van der Waals surface area contributed by atoms with E-state index < -0.39 is 15.8 Å². The molecule has 94 valence electrons. The van der Waals surface area contributed by atoms with Crippen LogP contribution < -0.4 is 4.72 Å². The maximum atomic E-state index is 11.3. The van der Waals surface area contributed by atoms with Crippen molar-refractivity contribution in [2.24, 2.45) is 0 Å². The van der Waals surface area contributed by atoms with Gasteiger partial charge in [-0.15, -0.1) is 6.58 Å². The molecule has 0 radical (unpaired) electrons. The van der Waals surface area contributed by atoms with Crippen molar-refractivity contribution >= 4 is 10.3 Å². The molecule has 0 aromatic heterocycles. The first kappa shape index (κ1) is 13.7. The van der Waals surface area contributed by atoms with Gasteiger partial charge in [-0.05, 0) is 12.8 Å². The Morgan fingerprint density at radius 3 is 2.75 bits per heavy atom. The van der Waals surface area contributed by atoms with Gasteiger partial charge in [0.1, 0.15) is 0 Å². The van der Waals surface area contributed by atoms with Crippen LogP contribution in [0.25, 0.3) is 0 Å². The Labute approximate surface area is 98.3 Å². The molecule has 1 unspecified atom stereocenters. The lowest BCUT2D eigenvalue weighted by molar-refractivity contribution is 0.216. The second-order valence-corrected chi connectivity index (χ2v) is 5.65. The molecule has 1 atom stereocenters. The molecule has 0 spiro atoms. The zero-order valence-corrected chi connectivity index (χ0v) is 10.7. The molecule has 1 saturated heterocycles. The van der Waals surface area contributed by atoms with Gasteiger partial charge >= 0.3 is 10.3 Å². The van der Waals surface area contributed by atoms with Crippen molar-refractivity contribution in [3.8, 4) is 0 Å². The molecule has 4 nitrogen and oxygen atoms in total. The standard InChI is InChI=1S/C11H21NO3S/c1-3-5-6-7-8-11(4-2)9-10-15-16(13,14)12-11/h4,12H,2-3,5-10H2,1H3. The fourth-order valence-electron chi connectivity index (χ4n) is 1.95. The zero-order chi connectivity index (χ0) is 12.1. The molecule has 16 heavy (non-hydrogen) atoms. The van der Waals surface area contributed by atoms with Crippen molar-refractivity contribution in [3.63, 3.8) is 0 Å². The Bertz CT molecular complexity index is 326. The molecule has 0 amide bonds. The molecule has 1 N–H and O–H groups in total. The van der Waals surface area contributed by atoms with E-state index in [-0.39, 0.29) is 6.61 Å². The van der Waals surface area contributed by atoms with Crippen molar-refractivity contribution in [3.05, 3.63) is 12.7 Å². The first-order valence-corrected chi connectivity index (χ1v) is 7.26. The second-order valence-electron chi connectivity index (χ2n) is 4.30. The lowest BCUT2D eigenvalue weighted by Crippen LogP contribution is -2.51. The van der Waals surface area contributed by atoms with E-state index in [1.165, 1.54) is 12.8 Å². The van der Waals surface area contributed by atoms with E-state index in [1.54, 1.807) is 6.08 Å². The minimum atomic E-state index is -3.57. The summed E-state index contributed by atoms with van der Waals surface area (Å²) in [4.78, 5) is 0. The van der Waals surface area contributed by atoms with Gasteiger partial charge in [0.05, 0.1) is 12.1 Å². The summed E-state index contributed by atoms with van der Waals surface area (Å²) >= 11 is 0. The van der Waals surface area contributed by atoms with Gasteiger partial charge in [0.25, 0.3) is 0 Å². The average molecular weight is 247 g/mol. The predicted molar refractivity (Wildman–Crippen MR) is 64.3 cm³/mol. The van der Waals surface area contributed by atoms with Gasteiger partial charge in [0.2, 0.25) is 0 Å². The summed E-state index contributed by atoms with van der Waals surface area (Å²) in [6, 6.07) is 0. The maximum Gasteiger partial charge on any atom is 0.336 e. The fourth-order valence-corrected chi connectivity index (χ4v) is 3.10. The Hall–Kier alpha value is -0.390. The summed E-state index contributed by atoms with van der Waals surface area (Å²) in [5, 5.41) is 0. The molecule has 1 aliphatic rings. The van der Waals surface area contributed by atoms with E-state index >= 15 is 0 Å². The molecule has 0 aromatic rings. The van der Waals surface area contributed by atoms with Gasteiger partial charge < -0.3 is 0 Å². The lowest BCUT2D eigenvalue weighted by Gasteiger charge is -2.34. The van der Waals surface area contributed by atoms with Gasteiger partial charge in [-0.25, -0.2) is 0 Å². The molecule has 0 aliphatic carbocycles. The first-order chi connectivity index (χ1) is 7.54. The van der Waals surface area contributed by atoms with Crippen LogP contribution in [0.15, 0.2) is 12.7 Å². The van der Waals surface area contributed by atoms with E-state index in [9.17, 15) is 8.42 Å². The third-order valence-electron chi connectivity index (χ3n) is 2.98. The topological polar surface area (TPSA) is 55.4 Å². The number of hydrogen-bond donors (Lipinski definition) is 1. The van der Waals surface area contributed by atoms with Gasteiger partial charge in [-0.3, -0.25) is 4.18 Å². The van der Waals surface area contributed by atoms with Gasteiger partial charge in [-0.1, -0.05) is 38.7 Å². The third-order valence-corrected chi connectivity index (χ3v) is 4.12. The van der Waals surface area contributed by atoms with E-state index in [2.05, 4.69) is 22.4 Å². The van der Waals surface area contributed by atoms with Crippen LogP contribution in [0.4, 0.5) is 0 Å². The Morgan fingerprint density at radius 2 is 2.19 bits per heavy atom. The van der Waals surface area contributed by atoms with Crippen LogP contribution in [0, 0.1) is 0 Å². The summed E-state index contributed by atoms with van der Waals surface area (Å²) in [7, 11) is -3.57. The van der Waals surface area contributed by atoms with E-state index in [0.717, 1.165) is 19.3 Å². The average Bonchev–Trinajstić information content (AvgIpc) is 2.23. The third kappa shape index (κ3) is 3.88. The van der Waals surface area contributed by atoms with Crippen molar-refractivity contribution in [1.82, 2.24) is 4.72 Å². The van der Waals surface area contributed by atoms with Crippen LogP contribution in [0.2, 0.25) is 0 Å². The van der Waals surface area contributed by atoms with Gasteiger partial charge in [0, 0.05) is 0 Å². The second kappa shape index (κ2) is 5.80. The summed E-state index contributed by atoms with van der Waals surface area (Å²) in [5.74, 6) is 0. The number of rotatable bonds is 6. The normalized spacial score (nSPS) is 28.8. The highest BCUT2D eigenvalue weighted by molar-refractivity contribution is 7.84. The predicted octanol–water partition coefficient (Wildman–Crippen LogP) is 2.14. The molecule has 5 heteroatoms. The zero-order valence-electron chi connectivity index (χ0n) is 9.87. The Balaban J connectivity index is 2.53. The highest BCUT2D eigenvalue weighted by Crippen LogP contribution is 2.25. The van der Waals surface area contributed by atoms with Crippen molar-refractivity contribution < 1.29 is 12.6 Å². The summed E-state index contributed by atoms with van der Waals surface area (Å²) in [6.45, 7) is 6.14. The summed E-state index contributed by atoms with van der Waals surface area (Å²) in [5.41, 5.74) is -0.495. The summed E-state index contributed by atoms with van der Waals surface area (Å²) < 4.78 is 29.9. The molecule has 0 bridgehead atoms. The molecule has 1 heterocycles. The Morgan fingerprint density at radius 1 is 1.44 bits per heavy atom. The van der Waals surface area contributed by atoms with Crippen LogP contribution in [0.5, 0.6) is 0 Å². The maximum absolute atomic E-state index is 11.3. The number of unbranched alkanes of at least 4 members (excludes halogenated alkanes) is 3. The minimum Gasteiger partial charge on any atom is -0.258 e. The largest absolute Gasteiger partial charge is 0.336 e. The van der Waals surface area contributed by atoms with Crippen molar-refractivity contribution in [2.45, 2.75) is 51.0 Å². The molecule has 1 fully saturated rings. The number of nitrogens with one attached hydrogen (secondary N) is 1. The molecule has 1 rings (SSSR count). The smallest absolute Gasteiger partial charge is 0.258 e. The van der Waals surface area contributed by atoms with E-state index in [4.69, 9.17) is 0 Å². The van der Waals surface area contributed by atoms with E-state index in [1.807, 2.05) is 0 Å². The molecular weight excluding hydrogens is 226 g/mol. The lowest BCUT2D eigenvalue weighted by atomic mass is 9.90. The SMILES string of the molecule is C=CC1(CCCCCC)CCOS(=O)(=O)N1. The molecule has 0 aromatic carbocycles. The van der Waals surface area contributed by atoms with Crippen molar-refractivity contribution in [1.29, 1.82) is 0 Å². The molecule has 1 aliphatic heterocycles. The van der Waals surface area contributed by atoms with Crippen LogP contribution in [0.1, 0.15) is 45.4 Å². The van der Waals surface area contributed by atoms with Crippen LogP contribution >= 0.6 is 0 Å². The van der Waals surface area contributed by atoms with Crippen LogP contribution in [0.3, 0.4) is 0 Å². The fraction of sp³-hybridized carbons (Fsp3) is 0.818. The highest BCUT2D eigenvalue weighted by atomic mass is 32.2. The first-order valence-electron chi connectivity index (χ1n) is 5.85.